The number of allylic oxidation sites excluding steroid dienone is 1. The first-order valence-corrected chi connectivity index (χ1v) is 12.0. The summed E-state index contributed by atoms with van der Waals surface area (Å²) in [5, 5.41) is 11.0. The Morgan fingerprint density at radius 1 is 1.28 bits per heavy atom. The highest BCUT2D eigenvalue weighted by atomic mass is 16.7. The van der Waals surface area contributed by atoms with Crippen molar-refractivity contribution in [3.8, 4) is 0 Å². The molecule has 2 saturated heterocycles. The molecule has 0 radical (unpaired) electrons. The molecule has 0 unspecified atom stereocenters. The standard InChI is InChI=1S/C26H34O10/c1-8-12(2)22(28)33-19-16(24(30)32-7)11-9-10-13(3)18(27)20-17(14(4)23(29)34-20)21(19)35-25(31)26(6)15(5)36-26/h11-12,15,17-21,27H,3-4,8-10H2,1-2,5-7H3/b16-11-/t12-,15+,17-,18+,19-,20+,21-,26-/m0/s1. The molecule has 10 nitrogen and oxygen atoms in total. The minimum Gasteiger partial charge on any atom is -0.466 e. The van der Waals surface area contributed by atoms with Crippen molar-refractivity contribution in [2.24, 2.45) is 11.8 Å². The van der Waals surface area contributed by atoms with E-state index in [4.69, 9.17) is 23.7 Å². The lowest BCUT2D eigenvalue weighted by Gasteiger charge is -2.36. The van der Waals surface area contributed by atoms with Crippen LogP contribution in [0.3, 0.4) is 0 Å². The van der Waals surface area contributed by atoms with Crippen molar-refractivity contribution in [1.29, 1.82) is 0 Å². The van der Waals surface area contributed by atoms with E-state index in [2.05, 4.69) is 13.2 Å². The summed E-state index contributed by atoms with van der Waals surface area (Å²) in [4.78, 5) is 51.6. The van der Waals surface area contributed by atoms with Crippen LogP contribution < -0.4 is 0 Å². The summed E-state index contributed by atoms with van der Waals surface area (Å²) in [5.74, 6) is -4.74. The van der Waals surface area contributed by atoms with E-state index in [0.717, 1.165) is 0 Å². The summed E-state index contributed by atoms with van der Waals surface area (Å²) >= 11 is 0. The van der Waals surface area contributed by atoms with Gasteiger partial charge in [-0.1, -0.05) is 33.1 Å². The fourth-order valence-corrected chi connectivity index (χ4v) is 4.31. The third-order valence-electron chi connectivity index (χ3n) is 7.25. The van der Waals surface area contributed by atoms with Crippen LogP contribution in [-0.4, -0.2) is 72.2 Å². The van der Waals surface area contributed by atoms with Crippen LogP contribution in [0, 0.1) is 11.8 Å². The second-order valence-corrected chi connectivity index (χ2v) is 9.62. The number of epoxide rings is 1. The fraction of sp³-hybridized carbons (Fsp3) is 0.615. The topological polar surface area (TPSA) is 138 Å². The first kappa shape index (κ1) is 27.6. The Hall–Kier alpha value is -2.98. The van der Waals surface area contributed by atoms with Gasteiger partial charge in [-0.05, 0) is 38.7 Å². The fourth-order valence-electron chi connectivity index (χ4n) is 4.31. The van der Waals surface area contributed by atoms with Crippen molar-refractivity contribution < 1.29 is 48.0 Å². The van der Waals surface area contributed by atoms with Crippen LogP contribution in [-0.2, 0) is 42.9 Å². The molecule has 10 heteroatoms. The molecule has 0 aromatic rings. The van der Waals surface area contributed by atoms with E-state index in [9.17, 15) is 24.3 Å². The molecule has 2 fully saturated rings. The van der Waals surface area contributed by atoms with Crippen molar-refractivity contribution in [3.63, 3.8) is 0 Å². The van der Waals surface area contributed by atoms with E-state index in [1.54, 1.807) is 20.8 Å². The minimum absolute atomic E-state index is 0.0723. The lowest BCUT2D eigenvalue weighted by molar-refractivity contribution is -0.178. The number of ether oxygens (including phenoxy) is 5. The van der Waals surface area contributed by atoms with Crippen molar-refractivity contribution in [3.05, 3.63) is 36.0 Å². The molecule has 3 rings (SSSR count). The van der Waals surface area contributed by atoms with Gasteiger partial charge in [0.15, 0.2) is 17.8 Å². The lowest BCUT2D eigenvalue weighted by Crippen LogP contribution is -2.50. The Bertz CT molecular complexity index is 997. The van der Waals surface area contributed by atoms with Crippen molar-refractivity contribution in [2.75, 3.05) is 7.11 Å². The molecule has 0 saturated carbocycles. The number of hydrogen-bond acceptors (Lipinski definition) is 10. The molecule has 0 aromatic carbocycles. The number of carbonyl (C=O) groups is 4. The predicted octanol–water partition coefficient (Wildman–Crippen LogP) is 1.94. The molecule has 0 aromatic heterocycles. The molecule has 36 heavy (non-hydrogen) atoms. The van der Waals surface area contributed by atoms with E-state index in [1.807, 2.05) is 0 Å². The highest BCUT2D eigenvalue weighted by Crippen LogP contribution is 2.42. The van der Waals surface area contributed by atoms with Gasteiger partial charge in [-0.2, -0.15) is 0 Å². The average molecular weight is 507 g/mol. The zero-order chi connectivity index (χ0) is 26.9. The van der Waals surface area contributed by atoms with Gasteiger partial charge in [0.25, 0.3) is 0 Å². The van der Waals surface area contributed by atoms with Crippen molar-refractivity contribution in [1.82, 2.24) is 0 Å². The smallest absolute Gasteiger partial charge is 0.341 e. The lowest BCUT2D eigenvalue weighted by atomic mass is 9.80. The van der Waals surface area contributed by atoms with Crippen LogP contribution in [0.5, 0.6) is 0 Å². The molecule has 0 bridgehead atoms. The van der Waals surface area contributed by atoms with Crippen LogP contribution in [0.1, 0.15) is 47.0 Å². The molecule has 8 atom stereocenters. The van der Waals surface area contributed by atoms with Crippen LogP contribution in [0.4, 0.5) is 0 Å². The summed E-state index contributed by atoms with van der Waals surface area (Å²) < 4.78 is 27.4. The molecular weight excluding hydrogens is 472 g/mol. The van der Waals surface area contributed by atoms with E-state index >= 15 is 0 Å². The average Bonchev–Trinajstić information content (AvgIpc) is 3.37. The Labute approximate surface area is 210 Å². The monoisotopic (exact) mass is 506 g/mol. The first-order chi connectivity index (χ1) is 16.9. The van der Waals surface area contributed by atoms with Crippen LogP contribution in [0.25, 0.3) is 0 Å². The van der Waals surface area contributed by atoms with Gasteiger partial charge in [-0.3, -0.25) is 4.79 Å². The molecule has 198 valence electrons. The zero-order valence-electron chi connectivity index (χ0n) is 21.3. The quantitative estimate of drug-likeness (QED) is 0.187. The Morgan fingerprint density at radius 3 is 2.47 bits per heavy atom. The number of methoxy groups -OCH3 is 1. The van der Waals surface area contributed by atoms with Crippen LogP contribution in [0.2, 0.25) is 0 Å². The summed E-state index contributed by atoms with van der Waals surface area (Å²) in [7, 11) is 1.17. The summed E-state index contributed by atoms with van der Waals surface area (Å²) in [6.07, 6.45) is -3.50. The highest BCUT2D eigenvalue weighted by molar-refractivity contribution is 5.93. The number of aliphatic hydroxyl groups is 1. The van der Waals surface area contributed by atoms with Gasteiger partial charge in [0.05, 0.1) is 30.6 Å². The van der Waals surface area contributed by atoms with Crippen molar-refractivity contribution >= 4 is 23.9 Å². The molecule has 2 aliphatic heterocycles. The third-order valence-corrected chi connectivity index (χ3v) is 7.25. The third kappa shape index (κ3) is 5.10. The van der Waals surface area contributed by atoms with Gasteiger partial charge in [-0.25, -0.2) is 14.4 Å². The van der Waals surface area contributed by atoms with Crippen LogP contribution >= 0.6 is 0 Å². The minimum atomic E-state index is -1.47. The number of esters is 4. The number of rotatable bonds is 6. The van der Waals surface area contributed by atoms with E-state index in [1.165, 1.54) is 20.1 Å². The zero-order valence-corrected chi connectivity index (χ0v) is 21.3. The number of fused-ring (bicyclic) bond motifs is 1. The maximum atomic E-state index is 13.2. The second kappa shape index (κ2) is 10.6. The van der Waals surface area contributed by atoms with Gasteiger partial charge >= 0.3 is 23.9 Å². The first-order valence-electron chi connectivity index (χ1n) is 12.0. The van der Waals surface area contributed by atoms with Gasteiger partial charge in [0.2, 0.25) is 0 Å². The SMILES string of the molecule is C=C1C(=O)O[C@@H]2[C@H]1[C@H](OC(=O)[C@@]1(C)O[C@@H]1C)[C@@H](OC(=O)[C@@H](C)CC)/C(C(=O)OC)=C/CCC(=C)[C@H]2O. The van der Waals surface area contributed by atoms with Gasteiger partial charge in [0.1, 0.15) is 12.2 Å². The normalized spacial score (nSPS) is 36.5. The second-order valence-electron chi connectivity index (χ2n) is 9.62. The summed E-state index contributed by atoms with van der Waals surface area (Å²) in [6.45, 7) is 14.4. The van der Waals surface area contributed by atoms with Gasteiger partial charge in [0, 0.05) is 5.57 Å². The van der Waals surface area contributed by atoms with Crippen LogP contribution in [0.15, 0.2) is 36.0 Å². The molecule has 3 aliphatic rings. The molecular formula is C26H34O10. The molecule has 1 N–H and O–H groups in total. The molecule has 1 aliphatic carbocycles. The summed E-state index contributed by atoms with van der Waals surface area (Å²) in [5.41, 5.74) is -1.09. The van der Waals surface area contributed by atoms with Gasteiger partial charge < -0.3 is 28.8 Å². The van der Waals surface area contributed by atoms with E-state index < -0.39 is 71.8 Å². The Morgan fingerprint density at radius 2 is 1.92 bits per heavy atom. The van der Waals surface area contributed by atoms with Crippen molar-refractivity contribution in [2.45, 2.75) is 83.1 Å². The largest absolute Gasteiger partial charge is 0.466 e. The van der Waals surface area contributed by atoms with E-state index in [0.29, 0.717) is 12.0 Å². The van der Waals surface area contributed by atoms with E-state index in [-0.39, 0.29) is 24.0 Å². The Balaban J connectivity index is 2.19. The molecule has 2 heterocycles. The van der Waals surface area contributed by atoms with Gasteiger partial charge in [-0.15, -0.1) is 0 Å². The molecule has 0 amide bonds. The number of carbonyl (C=O) groups excluding carboxylic acids is 4. The Kier molecular flexibility index (Phi) is 8.10. The summed E-state index contributed by atoms with van der Waals surface area (Å²) in [6, 6.07) is 0. The maximum Gasteiger partial charge on any atom is 0.341 e. The maximum absolute atomic E-state index is 13.2. The highest BCUT2D eigenvalue weighted by Gasteiger charge is 2.60. The molecule has 0 spiro atoms. The number of hydrogen-bond donors (Lipinski definition) is 1. The predicted molar refractivity (Wildman–Crippen MR) is 125 cm³/mol. The number of aliphatic hydroxyl groups excluding tert-OH is 1.